The molecule has 4 heteroatoms. The van der Waals surface area contributed by atoms with Gasteiger partial charge in [0.05, 0.1) is 12.2 Å². The van der Waals surface area contributed by atoms with Crippen LogP contribution in [0.15, 0.2) is 0 Å². The Labute approximate surface area is 137 Å². The van der Waals surface area contributed by atoms with Crippen LogP contribution in [-0.4, -0.2) is 31.4 Å². The number of aliphatic hydroxyl groups is 1. The first kappa shape index (κ1) is 18.1. The molecule has 0 bridgehead atoms. The molecule has 0 radical (unpaired) electrons. The van der Waals surface area contributed by atoms with E-state index < -0.39 is 8.32 Å². The van der Waals surface area contributed by atoms with Crippen LogP contribution in [0.3, 0.4) is 0 Å². The summed E-state index contributed by atoms with van der Waals surface area (Å²) in [7, 11) is -1.85. The number of hydrogen-bond acceptors (Lipinski definition) is 3. The van der Waals surface area contributed by atoms with Gasteiger partial charge in [0, 0.05) is 17.8 Å². The molecule has 5 atom stereocenters. The molecule has 0 heterocycles. The Morgan fingerprint density at radius 3 is 2.41 bits per heavy atom. The maximum atomic E-state index is 12.5. The van der Waals surface area contributed by atoms with Gasteiger partial charge in [-0.2, -0.15) is 0 Å². The van der Waals surface area contributed by atoms with Crippen molar-refractivity contribution in [1.82, 2.24) is 0 Å². The van der Waals surface area contributed by atoms with Crippen LogP contribution < -0.4 is 0 Å². The minimum atomic E-state index is -1.85. The van der Waals surface area contributed by atoms with Gasteiger partial charge in [0.1, 0.15) is 5.78 Å². The smallest absolute Gasteiger partial charge is 0.192 e. The number of carbonyl (C=O) groups is 1. The largest absolute Gasteiger partial charge is 0.413 e. The monoisotopic (exact) mass is 326 g/mol. The maximum absolute atomic E-state index is 12.5. The first-order valence-corrected chi connectivity index (χ1v) is 11.7. The Bertz CT molecular complexity index is 440. The number of Topliss-reactive ketones (excluding diaryl/α,β-unsaturated/α-hetero) is 1. The Morgan fingerprint density at radius 1 is 1.27 bits per heavy atom. The highest BCUT2D eigenvalue weighted by molar-refractivity contribution is 6.74. The highest BCUT2D eigenvalue weighted by Crippen LogP contribution is 2.53. The van der Waals surface area contributed by atoms with Gasteiger partial charge in [-0.15, -0.1) is 0 Å². The van der Waals surface area contributed by atoms with Crippen molar-refractivity contribution in [2.45, 2.75) is 90.6 Å². The summed E-state index contributed by atoms with van der Waals surface area (Å²) in [6, 6.07) is 0. The van der Waals surface area contributed by atoms with E-state index in [9.17, 15) is 9.90 Å². The van der Waals surface area contributed by atoms with Crippen LogP contribution >= 0.6 is 0 Å². The second-order valence-electron chi connectivity index (χ2n) is 9.32. The molecule has 2 rings (SSSR count). The third-order valence-corrected chi connectivity index (χ3v) is 11.3. The zero-order valence-corrected chi connectivity index (χ0v) is 16.4. The second kappa shape index (κ2) is 5.71. The topological polar surface area (TPSA) is 46.5 Å². The molecule has 0 amide bonds. The zero-order valence-electron chi connectivity index (χ0n) is 15.4. The summed E-state index contributed by atoms with van der Waals surface area (Å²) < 4.78 is 6.75. The Hall–Kier alpha value is -0.193. The molecule has 0 saturated heterocycles. The molecule has 1 N–H and O–H groups in total. The molecule has 0 spiro atoms. The standard InChI is InChI=1S/C18H34O3Si/c1-12-13(19)10-11-18(5)15(9-8-14(20)16(12)18)21-22(6,7)17(2,3)4/h12-13,15-16,19H,8-11H2,1-7H3/t12-,13+,15+,16-,18-/m1/s1. The van der Waals surface area contributed by atoms with Gasteiger partial charge in [0.2, 0.25) is 0 Å². The van der Waals surface area contributed by atoms with E-state index in [0.717, 1.165) is 19.3 Å². The molecule has 0 unspecified atom stereocenters. The van der Waals surface area contributed by atoms with Gasteiger partial charge >= 0.3 is 0 Å². The van der Waals surface area contributed by atoms with Crippen LogP contribution in [0, 0.1) is 17.3 Å². The summed E-state index contributed by atoms with van der Waals surface area (Å²) in [5.41, 5.74) is -0.108. The highest BCUT2D eigenvalue weighted by Gasteiger charge is 2.56. The third kappa shape index (κ3) is 2.94. The van der Waals surface area contributed by atoms with E-state index >= 15 is 0 Å². The SMILES string of the molecule is C[C@@H]1[C@@H](O)CC[C@]2(C)[C@@H](O[Si](C)(C)C(C)(C)C)CCC(=O)[C@@H]12. The molecular weight excluding hydrogens is 292 g/mol. The maximum Gasteiger partial charge on any atom is 0.192 e. The molecule has 0 aromatic rings. The predicted molar refractivity (Wildman–Crippen MR) is 92.3 cm³/mol. The summed E-state index contributed by atoms with van der Waals surface area (Å²) in [4.78, 5) is 12.5. The van der Waals surface area contributed by atoms with E-state index in [-0.39, 0.29) is 34.5 Å². The lowest BCUT2D eigenvalue weighted by molar-refractivity contribution is -0.155. The lowest BCUT2D eigenvalue weighted by Crippen LogP contribution is -2.58. The lowest BCUT2D eigenvalue weighted by atomic mass is 9.54. The molecule has 22 heavy (non-hydrogen) atoms. The quantitative estimate of drug-likeness (QED) is 0.775. The third-order valence-electron chi connectivity index (χ3n) is 6.80. The van der Waals surface area contributed by atoms with Crippen LogP contribution in [0.2, 0.25) is 18.1 Å². The molecule has 128 valence electrons. The Balaban J connectivity index is 2.29. The van der Waals surface area contributed by atoms with E-state index in [1.807, 2.05) is 6.92 Å². The van der Waals surface area contributed by atoms with Gasteiger partial charge in [-0.1, -0.05) is 34.6 Å². The van der Waals surface area contributed by atoms with E-state index in [1.165, 1.54) is 0 Å². The van der Waals surface area contributed by atoms with Crippen molar-refractivity contribution in [3.63, 3.8) is 0 Å². The molecule has 2 fully saturated rings. The lowest BCUT2D eigenvalue weighted by Gasteiger charge is -2.55. The van der Waals surface area contributed by atoms with Gasteiger partial charge in [-0.3, -0.25) is 4.79 Å². The number of hydrogen-bond donors (Lipinski definition) is 1. The van der Waals surface area contributed by atoms with Crippen molar-refractivity contribution in [3.05, 3.63) is 0 Å². The molecule has 2 aliphatic carbocycles. The number of ketones is 1. The van der Waals surface area contributed by atoms with Crippen molar-refractivity contribution in [3.8, 4) is 0 Å². The minimum absolute atomic E-state index is 0.0419. The average Bonchev–Trinajstić information content (AvgIpc) is 2.37. The second-order valence-corrected chi connectivity index (χ2v) is 14.1. The van der Waals surface area contributed by atoms with Crippen LogP contribution in [0.25, 0.3) is 0 Å². The summed E-state index contributed by atoms with van der Waals surface area (Å²) in [5.74, 6) is 0.348. The summed E-state index contributed by atoms with van der Waals surface area (Å²) in [6.07, 6.45) is 2.96. The van der Waals surface area contributed by atoms with Crippen LogP contribution in [0.4, 0.5) is 0 Å². The van der Waals surface area contributed by atoms with Gasteiger partial charge in [0.15, 0.2) is 8.32 Å². The van der Waals surface area contributed by atoms with Crippen molar-refractivity contribution >= 4 is 14.1 Å². The fourth-order valence-corrected chi connectivity index (χ4v) is 5.66. The number of carbonyl (C=O) groups excluding carboxylic acids is 1. The molecule has 0 aromatic heterocycles. The van der Waals surface area contributed by atoms with Crippen molar-refractivity contribution in [2.24, 2.45) is 17.3 Å². The van der Waals surface area contributed by atoms with E-state index in [0.29, 0.717) is 12.2 Å². The predicted octanol–water partition coefficient (Wildman–Crippen LogP) is 4.15. The minimum Gasteiger partial charge on any atom is -0.413 e. The number of rotatable bonds is 2. The van der Waals surface area contributed by atoms with E-state index in [4.69, 9.17) is 4.43 Å². The first-order chi connectivity index (χ1) is 9.90. The van der Waals surface area contributed by atoms with Crippen LogP contribution in [0.5, 0.6) is 0 Å². The highest BCUT2D eigenvalue weighted by atomic mass is 28.4. The summed E-state index contributed by atoms with van der Waals surface area (Å²) in [5, 5.41) is 10.4. The average molecular weight is 327 g/mol. The normalized spacial score (nSPS) is 40.5. The van der Waals surface area contributed by atoms with E-state index in [1.54, 1.807) is 0 Å². The Morgan fingerprint density at radius 2 is 1.86 bits per heavy atom. The van der Waals surface area contributed by atoms with E-state index in [2.05, 4.69) is 40.8 Å². The van der Waals surface area contributed by atoms with Crippen LogP contribution in [0.1, 0.15) is 60.3 Å². The van der Waals surface area contributed by atoms with Gasteiger partial charge in [-0.05, 0) is 43.3 Å². The van der Waals surface area contributed by atoms with Gasteiger partial charge < -0.3 is 9.53 Å². The van der Waals surface area contributed by atoms with Crippen molar-refractivity contribution < 1.29 is 14.3 Å². The molecule has 3 nitrogen and oxygen atoms in total. The zero-order chi connectivity index (χ0) is 16.9. The Kier molecular flexibility index (Phi) is 4.71. The summed E-state index contributed by atoms with van der Waals surface area (Å²) >= 11 is 0. The number of fused-ring (bicyclic) bond motifs is 1. The molecule has 2 aliphatic rings. The molecule has 0 aromatic carbocycles. The molecule has 2 saturated carbocycles. The molecular formula is C18H34O3Si. The van der Waals surface area contributed by atoms with Crippen molar-refractivity contribution in [2.75, 3.05) is 0 Å². The fraction of sp³-hybridized carbons (Fsp3) is 0.944. The fourth-order valence-electron chi connectivity index (χ4n) is 4.21. The van der Waals surface area contributed by atoms with Gasteiger partial charge in [0.25, 0.3) is 0 Å². The van der Waals surface area contributed by atoms with Crippen LogP contribution in [-0.2, 0) is 9.22 Å². The summed E-state index contributed by atoms with van der Waals surface area (Å²) in [6.45, 7) is 15.7. The molecule has 0 aliphatic heterocycles. The van der Waals surface area contributed by atoms with Crippen molar-refractivity contribution in [1.29, 1.82) is 0 Å². The van der Waals surface area contributed by atoms with Gasteiger partial charge in [-0.25, -0.2) is 0 Å². The number of aliphatic hydroxyl groups excluding tert-OH is 1. The first-order valence-electron chi connectivity index (χ1n) is 8.79.